The van der Waals surface area contributed by atoms with Gasteiger partial charge in [0.1, 0.15) is 25.4 Å². The molecule has 0 aliphatic carbocycles. The van der Waals surface area contributed by atoms with Crippen LogP contribution in [0.4, 0.5) is 5.69 Å². The van der Waals surface area contributed by atoms with Gasteiger partial charge in [-0.25, -0.2) is 0 Å². The molecule has 0 spiro atoms. The predicted molar refractivity (Wildman–Crippen MR) is 126 cm³/mol. The third kappa shape index (κ3) is 6.91. The van der Waals surface area contributed by atoms with Gasteiger partial charge in [-0.1, -0.05) is 28.1 Å². The van der Waals surface area contributed by atoms with E-state index in [4.69, 9.17) is 21.7 Å². The van der Waals surface area contributed by atoms with Gasteiger partial charge in [-0.15, -0.1) is 0 Å². The molecule has 0 radical (unpaired) electrons. The second-order valence-electron chi connectivity index (χ2n) is 6.90. The highest BCUT2D eigenvalue weighted by molar-refractivity contribution is 9.10. The number of amides is 1. The first-order chi connectivity index (χ1) is 14.5. The van der Waals surface area contributed by atoms with Gasteiger partial charge in [0.2, 0.25) is 5.91 Å². The van der Waals surface area contributed by atoms with E-state index in [9.17, 15) is 4.79 Å². The van der Waals surface area contributed by atoms with Crippen molar-refractivity contribution in [3.05, 3.63) is 64.1 Å². The van der Waals surface area contributed by atoms with Crippen LogP contribution < -0.4 is 20.3 Å². The van der Waals surface area contributed by atoms with Gasteiger partial charge < -0.3 is 19.7 Å². The fourth-order valence-corrected chi connectivity index (χ4v) is 3.75. The number of hydrogen-bond donors (Lipinski definition) is 3. The summed E-state index contributed by atoms with van der Waals surface area (Å²) in [5.74, 6) is 0.365. The minimum absolute atomic E-state index is 0.248. The lowest BCUT2D eigenvalue weighted by Gasteiger charge is -2.23. The summed E-state index contributed by atoms with van der Waals surface area (Å²) in [6, 6.07) is 13.7. The standard InChI is InChI=1S/C22H24BrN3O3S/c1-28-20-8-5-18(23)14-17(20)4-9-21(27)25-22(30)24-19-6-2-16(3-7-19)15-26-10-12-29-13-11-26/h2-9,14H,10-13,15H2,1H3,(H2,24,25,27,30)/p+1/b9-4+. The van der Waals surface area contributed by atoms with Gasteiger partial charge >= 0.3 is 0 Å². The van der Waals surface area contributed by atoms with E-state index >= 15 is 0 Å². The summed E-state index contributed by atoms with van der Waals surface area (Å²) < 4.78 is 11.6. The number of nitrogens with one attached hydrogen (secondary N) is 3. The molecule has 6 nitrogen and oxygen atoms in total. The molecule has 1 amide bonds. The highest BCUT2D eigenvalue weighted by Crippen LogP contribution is 2.24. The van der Waals surface area contributed by atoms with Crippen LogP contribution in [-0.4, -0.2) is 44.4 Å². The second kappa shape index (κ2) is 11.2. The van der Waals surface area contributed by atoms with Crippen LogP contribution in [-0.2, 0) is 16.1 Å². The Balaban J connectivity index is 1.50. The van der Waals surface area contributed by atoms with Gasteiger partial charge in [0.25, 0.3) is 0 Å². The smallest absolute Gasteiger partial charge is 0.250 e. The van der Waals surface area contributed by atoms with Gasteiger partial charge in [-0.05, 0) is 48.6 Å². The lowest BCUT2D eigenvalue weighted by molar-refractivity contribution is -0.921. The van der Waals surface area contributed by atoms with E-state index in [1.54, 1.807) is 13.2 Å². The van der Waals surface area contributed by atoms with Crippen molar-refractivity contribution < 1.29 is 19.2 Å². The van der Waals surface area contributed by atoms with Crippen LogP contribution >= 0.6 is 28.1 Å². The molecule has 2 aromatic carbocycles. The molecule has 0 unspecified atom stereocenters. The van der Waals surface area contributed by atoms with Gasteiger partial charge in [-0.2, -0.15) is 0 Å². The maximum Gasteiger partial charge on any atom is 0.250 e. The minimum Gasteiger partial charge on any atom is -0.496 e. The van der Waals surface area contributed by atoms with Gasteiger partial charge in [0.15, 0.2) is 5.11 Å². The number of carbonyl (C=O) groups is 1. The summed E-state index contributed by atoms with van der Waals surface area (Å²) in [7, 11) is 1.59. The molecule has 30 heavy (non-hydrogen) atoms. The maximum atomic E-state index is 12.2. The quantitative estimate of drug-likeness (QED) is 0.428. The van der Waals surface area contributed by atoms with E-state index < -0.39 is 0 Å². The molecule has 2 aromatic rings. The first kappa shape index (κ1) is 22.4. The van der Waals surface area contributed by atoms with E-state index in [2.05, 4.69) is 38.7 Å². The molecule has 0 bridgehead atoms. The average molecular weight is 491 g/mol. The molecule has 3 rings (SSSR count). The third-order valence-electron chi connectivity index (χ3n) is 4.71. The molecule has 1 fully saturated rings. The molecule has 8 heteroatoms. The van der Waals surface area contributed by atoms with Crippen molar-refractivity contribution in [3.8, 4) is 5.75 Å². The molecular weight excluding hydrogens is 466 g/mol. The summed E-state index contributed by atoms with van der Waals surface area (Å²) in [5, 5.41) is 5.94. The highest BCUT2D eigenvalue weighted by Gasteiger charge is 2.14. The number of methoxy groups -OCH3 is 1. The lowest BCUT2D eigenvalue weighted by Crippen LogP contribution is -3.12. The molecule has 1 aliphatic heterocycles. The van der Waals surface area contributed by atoms with Crippen molar-refractivity contribution in [2.45, 2.75) is 6.54 Å². The van der Waals surface area contributed by atoms with Crippen LogP contribution in [0.15, 0.2) is 53.0 Å². The average Bonchev–Trinajstić information content (AvgIpc) is 2.74. The number of rotatable bonds is 6. The van der Waals surface area contributed by atoms with Crippen LogP contribution in [0.2, 0.25) is 0 Å². The van der Waals surface area contributed by atoms with E-state index in [1.807, 2.05) is 30.3 Å². The van der Waals surface area contributed by atoms with Crippen molar-refractivity contribution in [2.24, 2.45) is 0 Å². The summed E-state index contributed by atoms with van der Waals surface area (Å²) in [5.41, 5.74) is 2.89. The van der Waals surface area contributed by atoms with Crippen LogP contribution in [0.1, 0.15) is 11.1 Å². The number of ether oxygens (including phenoxy) is 2. The van der Waals surface area contributed by atoms with Crippen molar-refractivity contribution >= 4 is 50.9 Å². The maximum absolute atomic E-state index is 12.2. The van der Waals surface area contributed by atoms with E-state index in [0.29, 0.717) is 5.75 Å². The number of anilines is 1. The Morgan fingerprint density at radius 2 is 1.97 bits per heavy atom. The topological polar surface area (TPSA) is 64.0 Å². The first-order valence-electron chi connectivity index (χ1n) is 9.67. The normalized spacial score (nSPS) is 14.5. The molecule has 0 atom stereocenters. The van der Waals surface area contributed by atoms with Gasteiger partial charge in [0, 0.05) is 27.4 Å². The minimum atomic E-state index is -0.318. The zero-order chi connectivity index (χ0) is 21.3. The second-order valence-corrected chi connectivity index (χ2v) is 8.22. The molecule has 1 heterocycles. The summed E-state index contributed by atoms with van der Waals surface area (Å²) in [6.45, 7) is 4.71. The summed E-state index contributed by atoms with van der Waals surface area (Å²) >= 11 is 8.66. The third-order valence-corrected chi connectivity index (χ3v) is 5.41. The molecule has 1 saturated heterocycles. The van der Waals surface area contributed by atoms with Crippen molar-refractivity contribution in [1.82, 2.24) is 5.32 Å². The summed E-state index contributed by atoms with van der Waals surface area (Å²) in [6.07, 6.45) is 3.11. The number of halogens is 1. The Labute approximate surface area is 190 Å². The first-order valence-corrected chi connectivity index (χ1v) is 10.9. The molecule has 0 aromatic heterocycles. The Morgan fingerprint density at radius 3 is 2.67 bits per heavy atom. The Morgan fingerprint density at radius 1 is 1.23 bits per heavy atom. The SMILES string of the molecule is COc1ccc(Br)cc1/C=C/C(=O)NC(=S)Nc1ccc(C[NH+]2CCOCC2)cc1. The van der Waals surface area contributed by atoms with Crippen LogP contribution in [0, 0.1) is 0 Å². The molecule has 158 valence electrons. The number of hydrogen-bond acceptors (Lipinski definition) is 4. The number of thiocarbonyl (C=S) groups is 1. The van der Waals surface area contributed by atoms with Crippen molar-refractivity contribution in [3.63, 3.8) is 0 Å². The Kier molecular flexibility index (Phi) is 8.39. The van der Waals surface area contributed by atoms with Crippen LogP contribution in [0.3, 0.4) is 0 Å². The fourth-order valence-electron chi connectivity index (χ4n) is 3.15. The summed E-state index contributed by atoms with van der Waals surface area (Å²) in [4.78, 5) is 13.7. The van der Waals surface area contributed by atoms with E-state index in [1.165, 1.54) is 16.5 Å². The Bertz CT molecular complexity index is 912. The number of morpholine rings is 1. The largest absolute Gasteiger partial charge is 0.496 e. The number of quaternary nitrogens is 1. The molecular formula is C22H25BrN3O3S+. The molecule has 1 aliphatic rings. The van der Waals surface area contributed by atoms with Crippen molar-refractivity contribution in [2.75, 3.05) is 38.7 Å². The van der Waals surface area contributed by atoms with E-state index in [0.717, 1.165) is 48.6 Å². The molecule has 3 N–H and O–H groups in total. The van der Waals surface area contributed by atoms with Crippen molar-refractivity contribution in [1.29, 1.82) is 0 Å². The zero-order valence-electron chi connectivity index (χ0n) is 16.7. The number of carbonyl (C=O) groups excluding carboxylic acids is 1. The lowest BCUT2D eigenvalue weighted by atomic mass is 10.2. The van der Waals surface area contributed by atoms with E-state index in [-0.39, 0.29) is 11.0 Å². The van der Waals surface area contributed by atoms with Crippen LogP contribution in [0.5, 0.6) is 5.75 Å². The molecule has 0 saturated carbocycles. The highest BCUT2D eigenvalue weighted by atomic mass is 79.9. The Hall–Kier alpha value is -2.26. The monoisotopic (exact) mass is 490 g/mol. The predicted octanol–water partition coefficient (Wildman–Crippen LogP) is 2.40. The fraction of sp³-hybridized carbons (Fsp3) is 0.273. The number of benzene rings is 2. The van der Waals surface area contributed by atoms with Gasteiger partial charge in [-0.3, -0.25) is 10.1 Å². The zero-order valence-corrected chi connectivity index (χ0v) is 19.1. The van der Waals surface area contributed by atoms with Gasteiger partial charge in [0.05, 0.1) is 20.3 Å². The van der Waals surface area contributed by atoms with Crippen LogP contribution in [0.25, 0.3) is 6.08 Å².